The van der Waals surface area contributed by atoms with Crippen molar-refractivity contribution in [3.8, 4) is 0 Å². The van der Waals surface area contributed by atoms with Crippen LogP contribution in [-0.2, 0) is 4.79 Å². The van der Waals surface area contributed by atoms with Gasteiger partial charge in [-0.2, -0.15) is 0 Å². The van der Waals surface area contributed by atoms with Crippen molar-refractivity contribution >= 4 is 17.7 Å². The SMILES string of the molecule is CC[C@@H]1C(=O)N([C@@H](C)c2ccccc2)[C@H]1CSc1ccccc1. The zero-order chi connectivity index (χ0) is 16.2. The Morgan fingerprint density at radius 3 is 2.26 bits per heavy atom. The molecule has 23 heavy (non-hydrogen) atoms. The number of likely N-dealkylation sites (tertiary alicyclic amines) is 1. The zero-order valence-electron chi connectivity index (χ0n) is 13.7. The van der Waals surface area contributed by atoms with Crippen LogP contribution in [0.1, 0.15) is 31.9 Å². The summed E-state index contributed by atoms with van der Waals surface area (Å²) in [5.41, 5.74) is 1.21. The minimum absolute atomic E-state index is 0.146. The lowest BCUT2D eigenvalue weighted by atomic mass is 9.84. The highest BCUT2D eigenvalue weighted by molar-refractivity contribution is 7.99. The topological polar surface area (TPSA) is 20.3 Å². The Balaban J connectivity index is 1.72. The number of benzene rings is 2. The van der Waals surface area contributed by atoms with E-state index < -0.39 is 0 Å². The van der Waals surface area contributed by atoms with Crippen LogP contribution in [0.3, 0.4) is 0 Å². The molecule has 0 saturated carbocycles. The highest BCUT2D eigenvalue weighted by Crippen LogP contribution is 2.39. The van der Waals surface area contributed by atoms with Gasteiger partial charge in [-0.3, -0.25) is 4.79 Å². The average Bonchev–Trinajstić information content (AvgIpc) is 2.60. The number of β-lactam (4-membered cyclic amide) rings is 1. The van der Waals surface area contributed by atoms with Crippen molar-refractivity contribution in [2.45, 2.75) is 37.2 Å². The van der Waals surface area contributed by atoms with Crippen LogP contribution in [0.15, 0.2) is 65.6 Å². The largest absolute Gasteiger partial charge is 0.331 e. The molecular formula is C20H23NOS. The monoisotopic (exact) mass is 325 g/mol. The van der Waals surface area contributed by atoms with Crippen molar-refractivity contribution in [1.29, 1.82) is 0 Å². The summed E-state index contributed by atoms with van der Waals surface area (Å²) in [5.74, 6) is 1.45. The lowest BCUT2D eigenvalue weighted by Crippen LogP contribution is -2.62. The van der Waals surface area contributed by atoms with E-state index in [0.29, 0.717) is 11.9 Å². The van der Waals surface area contributed by atoms with Gasteiger partial charge >= 0.3 is 0 Å². The van der Waals surface area contributed by atoms with Gasteiger partial charge in [-0.15, -0.1) is 11.8 Å². The first-order valence-electron chi connectivity index (χ1n) is 8.27. The fourth-order valence-corrected chi connectivity index (χ4v) is 4.45. The van der Waals surface area contributed by atoms with Crippen LogP contribution in [0.5, 0.6) is 0 Å². The molecule has 0 N–H and O–H groups in total. The fraction of sp³-hybridized carbons (Fsp3) is 0.350. The lowest BCUT2D eigenvalue weighted by molar-refractivity contribution is -0.159. The standard InChI is InChI=1S/C20H23NOS/c1-3-18-19(14-23-17-12-8-5-9-13-17)21(20(18)22)15(2)16-10-6-4-7-11-16/h4-13,15,18-19H,3,14H2,1-2H3/t15-,18-,19-/m0/s1. The number of amides is 1. The maximum absolute atomic E-state index is 12.5. The molecule has 0 aliphatic carbocycles. The van der Waals surface area contributed by atoms with Crippen LogP contribution in [0.25, 0.3) is 0 Å². The van der Waals surface area contributed by atoms with Crippen molar-refractivity contribution in [1.82, 2.24) is 4.90 Å². The molecular weight excluding hydrogens is 302 g/mol. The van der Waals surface area contributed by atoms with Crippen molar-refractivity contribution in [3.05, 3.63) is 66.2 Å². The Bertz CT molecular complexity index is 643. The molecule has 1 saturated heterocycles. The van der Waals surface area contributed by atoms with E-state index in [1.807, 2.05) is 36.0 Å². The van der Waals surface area contributed by atoms with Gasteiger partial charge in [0, 0.05) is 10.6 Å². The number of hydrogen-bond donors (Lipinski definition) is 0. The van der Waals surface area contributed by atoms with Gasteiger partial charge in [0.25, 0.3) is 0 Å². The van der Waals surface area contributed by atoms with Crippen LogP contribution >= 0.6 is 11.8 Å². The summed E-state index contributed by atoms with van der Waals surface area (Å²) in [5, 5.41) is 0. The molecule has 2 nitrogen and oxygen atoms in total. The number of carbonyl (C=O) groups excluding carboxylic acids is 1. The van der Waals surface area contributed by atoms with E-state index in [1.54, 1.807) is 0 Å². The molecule has 3 atom stereocenters. The van der Waals surface area contributed by atoms with Gasteiger partial charge in [-0.1, -0.05) is 55.5 Å². The van der Waals surface area contributed by atoms with Crippen LogP contribution < -0.4 is 0 Å². The fourth-order valence-electron chi connectivity index (χ4n) is 3.34. The van der Waals surface area contributed by atoms with Crippen molar-refractivity contribution in [2.75, 3.05) is 5.75 Å². The average molecular weight is 325 g/mol. The Kier molecular flexibility index (Phi) is 5.06. The van der Waals surface area contributed by atoms with E-state index >= 15 is 0 Å². The van der Waals surface area contributed by atoms with Crippen LogP contribution in [0.4, 0.5) is 0 Å². The third-order valence-electron chi connectivity index (χ3n) is 4.70. The molecule has 0 unspecified atom stereocenters. The third kappa shape index (κ3) is 3.30. The predicted octanol–water partition coefficient (Wildman–Crippen LogP) is 4.78. The number of hydrogen-bond acceptors (Lipinski definition) is 2. The Hall–Kier alpha value is -1.74. The van der Waals surface area contributed by atoms with Crippen LogP contribution in [0.2, 0.25) is 0 Å². The molecule has 2 aromatic carbocycles. The molecule has 0 radical (unpaired) electrons. The van der Waals surface area contributed by atoms with Crippen LogP contribution in [0, 0.1) is 5.92 Å². The quantitative estimate of drug-likeness (QED) is 0.563. The van der Waals surface area contributed by atoms with E-state index in [9.17, 15) is 4.79 Å². The second-order valence-corrected chi connectivity index (χ2v) is 7.13. The summed E-state index contributed by atoms with van der Waals surface area (Å²) in [4.78, 5) is 15.9. The molecule has 1 heterocycles. The summed E-state index contributed by atoms with van der Waals surface area (Å²) in [7, 11) is 0. The normalized spacial score (nSPS) is 21.8. The van der Waals surface area contributed by atoms with Gasteiger partial charge in [0.05, 0.1) is 18.0 Å². The summed E-state index contributed by atoms with van der Waals surface area (Å²) >= 11 is 1.85. The molecule has 1 fully saturated rings. The van der Waals surface area contributed by atoms with Gasteiger partial charge in [0.2, 0.25) is 5.91 Å². The molecule has 120 valence electrons. The summed E-state index contributed by atoms with van der Waals surface area (Å²) in [6.07, 6.45) is 0.927. The van der Waals surface area contributed by atoms with E-state index in [-0.39, 0.29) is 12.0 Å². The smallest absolute Gasteiger partial charge is 0.228 e. The Labute approximate surface area is 142 Å². The third-order valence-corrected chi connectivity index (χ3v) is 5.81. The van der Waals surface area contributed by atoms with Crippen molar-refractivity contribution < 1.29 is 4.79 Å². The maximum Gasteiger partial charge on any atom is 0.228 e. The maximum atomic E-state index is 12.5. The minimum atomic E-state index is 0.146. The molecule has 0 bridgehead atoms. The molecule has 1 aliphatic rings. The van der Waals surface area contributed by atoms with E-state index in [2.05, 4.69) is 55.1 Å². The molecule has 3 heteroatoms. The second-order valence-electron chi connectivity index (χ2n) is 6.04. The molecule has 3 rings (SSSR count). The number of rotatable bonds is 6. The molecule has 1 aliphatic heterocycles. The molecule has 2 aromatic rings. The first kappa shape index (κ1) is 16.1. The van der Waals surface area contributed by atoms with Gasteiger partial charge in [0.15, 0.2) is 0 Å². The summed E-state index contributed by atoms with van der Waals surface area (Å²) in [6, 6.07) is 21.2. The lowest BCUT2D eigenvalue weighted by Gasteiger charge is -2.50. The van der Waals surface area contributed by atoms with Gasteiger partial charge in [0.1, 0.15) is 0 Å². The second kappa shape index (κ2) is 7.22. The van der Waals surface area contributed by atoms with E-state index in [0.717, 1.165) is 12.2 Å². The zero-order valence-corrected chi connectivity index (χ0v) is 14.5. The van der Waals surface area contributed by atoms with Crippen LogP contribution in [-0.4, -0.2) is 22.6 Å². The first-order chi connectivity index (χ1) is 11.2. The Morgan fingerprint density at radius 1 is 1.04 bits per heavy atom. The molecule has 0 spiro atoms. The van der Waals surface area contributed by atoms with Crippen molar-refractivity contribution in [2.24, 2.45) is 5.92 Å². The minimum Gasteiger partial charge on any atom is -0.331 e. The van der Waals surface area contributed by atoms with E-state index in [4.69, 9.17) is 0 Å². The van der Waals surface area contributed by atoms with Gasteiger partial charge < -0.3 is 4.90 Å². The molecule has 1 amide bonds. The van der Waals surface area contributed by atoms with Gasteiger partial charge in [-0.05, 0) is 31.0 Å². The molecule has 0 aromatic heterocycles. The Morgan fingerprint density at radius 2 is 1.65 bits per heavy atom. The van der Waals surface area contributed by atoms with E-state index in [1.165, 1.54) is 10.5 Å². The number of nitrogens with zero attached hydrogens (tertiary/aromatic N) is 1. The summed E-state index contributed by atoms with van der Waals surface area (Å²) < 4.78 is 0. The number of carbonyl (C=O) groups is 1. The highest BCUT2D eigenvalue weighted by Gasteiger charge is 2.47. The predicted molar refractivity (Wildman–Crippen MR) is 96.4 cm³/mol. The summed E-state index contributed by atoms with van der Waals surface area (Å²) in [6.45, 7) is 4.26. The van der Waals surface area contributed by atoms with Gasteiger partial charge in [-0.25, -0.2) is 0 Å². The highest BCUT2D eigenvalue weighted by atomic mass is 32.2. The number of thioether (sulfide) groups is 1. The van der Waals surface area contributed by atoms with Crippen molar-refractivity contribution in [3.63, 3.8) is 0 Å². The first-order valence-corrected chi connectivity index (χ1v) is 9.26.